The maximum absolute atomic E-state index is 10.2. The van der Waals surface area contributed by atoms with Crippen LogP contribution in [-0.2, 0) is 6.42 Å². The Labute approximate surface area is 171 Å². The van der Waals surface area contributed by atoms with Crippen LogP contribution in [0.5, 0.6) is 5.88 Å². The van der Waals surface area contributed by atoms with Gasteiger partial charge in [0.15, 0.2) is 0 Å². The van der Waals surface area contributed by atoms with E-state index < -0.39 is 0 Å². The zero-order valence-corrected chi connectivity index (χ0v) is 17.7. The van der Waals surface area contributed by atoms with Crippen LogP contribution in [0.1, 0.15) is 68.2 Å². The molecule has 2 aromatic heterocycles. The van der Waals surface area contributed by atoms with Gasteiger partial charge in [0, 0.05) is 10.9 Å². The molecule has 1 fully saturated rings. The van der Waals surface area contributed by atoms with Gasteiger partial charge in [-0.1, -0.05) is 6.92 Å². The van der Waals surface area contributed by atoms with Gasteiger partial charge < -0.3 is 15.2 Å². The van der Waals surface area contributed by atoms with Crippen LogP contribution in [0.3, 0.4) is 0 Å². The van der Waals surface area contributed by atoms with Crippen LogP contribution in [0.15, 0.2) is 6.33 Å². The molecular formula is C20H30ClN3O2S. The molecule has 0 aliphatic heterocycles. The van der Waals surface area contributed by atoms with Gasteiger partial charge in [-0.05, 0) is 69.9 Å². The second-order valence-corrected chi connectivity index (χ2v) is 8.80. The van der Waals surface area contributed by atoms with Gasteiger partial charge in [0.1, 0.15) is 17.3 Å². The molecule has 0 aromatic carbocycles. The molecule has 0 radical (unpaired) electrons. The van der Waals surface area contributed by atoms with Crippen LogP contribution in [0.25, 0.3) is 10.2 Å². The third-order valence-electron chi connectivity index (χ3n) is 6.08. The largest absolute Gasteiger partial charge is 0.474 e. The summed E-state index contributed by atoms with van der Waals surface area (Å²) in [6.45, 7) is 2.05. The number of nitrogens with one attached hydrogen (secondary N) is 1. The Balaban J connectivity index is 0.00000210. The number of rotatable bonds is 6. The fraction of sp³-hybridized carbons (Fsp3) is 0.700. The van der Waals surface area contributed by atoms with Crippen molar-refractivity contribution in [2.45, 2.75) is 82.5 Å². The Hall–Kier alpha value is -0.950. The van der Waals surface area contributed by atoms with Crippen molar-refractivity contribution in [3.8, 4) is 5.88 Å². The van der Waals surface area contributed by atoms with Crippen LogP contribution in [-0.4, -0.2) is 40.4 Å². The average Bonchev–Trinajstić information content (AvgIpc) is 3.22. The predicted octanol–water partition coefficient (Wildman–Crippen LogP) is 4.21. The van der Waals surface area contributed by atoms with E-state index in [1.807, 2.05) is 14.0 Å². The van der Waals surface area contributed by atoms with Crippen molar-refractivity contribution in [2.24, 2.45) is 0 Å². The van der Waals surface area contributed by atoms with E-state index in [-0.39, 0.29) is 24.6 Å². The molecule has 1 saturated carbocycles. The molecular weight excluding hydrogens is 382 g/mol. The maximum atomic E-state index is 10.2. The van der Waals surface area contributed by atoms with Crippen molar-refractivity contribution in [2.75, 3.05) is 7.05 Å². The summed E-state index contributed by atoms with van der Waals surface area (Å²) in [5, 5.41) is 14.7. The zero-order valence-electron chi connectivity index (χ0n) is 16.1. The fourth-order valence-corrected chi connectivity index (χ4v) is 5.72. The van der Waals surface area contributed by atoms with Crippen LogP contribution < -0.4 is 10.1 Å². The number of aryl methyl sites for hydroxylation is 1. The lowest BCUT2D eigenvalue weighted by atomic mass is 9.92. The number of halogens is 1. The van der Waals surface area contributed by atoms with Gasteiger partial charge in [-0.25, -0.2) is 9.97 Å². The lowest BCUT2D eigenvalue weighted by Gasteiger charge is -2.28. The average molecular weight is 412 g/mol. The van der Waals surface area contributed by atoms with Crippen molar-refractivity contribution in [3.63, 3.8) is 0 Å². The molecule has 0 bridgehead atoms. The first kappa shape index (κ1) is 20.8. The van der Waals surface area contributed by atoms with Gasteiger partial charge >= 0.3 is 0 Å². The summed E-state index contributed by atoms with van der Waals surface area (Å²) in [7, 11) is 2.04. The summed E-state index contributed by atoms with van der Waals surface area (Å²) in [6.07, 6.45) is 9.95. The standard InChI is InChI=1S/C20H29N3O2S.ClH/c1-3-14(24)10-12-4-9-16-17(12)18-19(22-11-23-20(18)26-16)25-15-7-5-13(21-2)6-8-15;/h11-15,21,24H,3-10H2,1-2H3;1H/t12-,13?,14+,15?;/m1./s1. The quantitative estimate of drug-likeness (QED) is 0.745. The Morgan fingerprint density at radius 3 is 2.74 bits per heavy atom. The number of aliphatic hydroxyl groups is 1. The minimum atomic E-state index is -0.230. The number of nitrogens with zero attached hydrogens (tertiary/aromatic N) is 2. The highest BCUT2D eigenvalue weighted by Crippen LogP contribution is 2.47. The molecule has 0 saturated heterocycles. The highest BCUT2D eigenvalue weighted by Gasteiger charge is 2.32. The molecule has 2 aliphatic rings. The highest BCUT2D eigenvalue weighted by atomic mass is 35.5. The molecule has 0 amide bonds. The monoisotopic (exact) mass is 411 g/mol. The number of hydrogen-bond donors (Lipinski definition) is 2. The maximum Gasteiger partial charge on any atom is 0.225 e. The van der Waals surface area contributed by atoms with Crippen molar-refractivity contribution in [1.82, 2.24) is 15.3 Å². The molecule has 2 aromatic rings. The number of aromatic nitrogens is 2. The molecule has 0 unspecified atom stereocenters. The van der Waals surface area contributed by atoms with Gasteiger partial charge in [0.05, 0.1) is 11.5 Å². The first-order valence-corrected chi connectivity index (χ1v) is 10.8. The van der Waals surface area contributed by atoms with Crippen LogP contribution in [0, 0.1) is 0 Å². The number of fused-ring (bicyclic) bond motifs is 3. The highest BCUT2D eigenvalue weighted by molar-refractivity contribution is 7.19. The molecule has 4 rings (SSSR count). The van der Waals surface area contributed by atoms with Crippen LogP contribution in [0.4, 0.5) is 0 Å². The summed E-state index contributed by atoms with van der Waals surface area (Å²) in [5.41, 5.74) is 1.36. The number of aliphatic hydroxyl groups excluding tert-OH is 1. The van der Waals surface area contributed by atoms with E-state index in [2.05, 4.69) is 15.3 Å². The number of hydrogen-bond acceptors (Lipinski definition) is 6. The lowest BCUT2D eigenvalue weighted by Crippen LogP contribution is -2.34. The Morgan fingerprint density at radius 2 is 2.04 bits per heavy atom. The van der Waals surface area contributed by atoms with E-state index in [4.69, 9.17) is 4.74 Å². The molecule has 150 valence electrons. The third kappa shape index (κ3) is 4.24. The molecule has 0 spiro atoms. The molecule has 7 heteroatoms. The fourth-order valence-electron chi connectivity index (χ4n) is 4.49. The van der Waals surface area contributed by atoms with Gasteiger partial charge in [-0.15, -0.1) is 23.7 Å². The number of ether oxygens (including phenoxy) is 1. The summed E-state index contributed by atoms with van der Waals surface area (Å²) in [4.78, 5) is 11.5. The smallest absolute Gasteiger partial charge is 0.225 e. The van der Waals surface area contributed by atoms with E-state index in [9.17, 15) is 5.11 Å². The second-order valence-electron chi connectivity index (χ2n) is 7.71. The van der Waals surface area contributed by atoms with Gasteiger partial charge in [0.2, 0.25) is 5.88 Å². The zero-order chi connectivity index (χ0) is 18.1. The van der Waals surface area contributed by atoms with Crippen molar-refractivity contribution in [1.29, 1.82) is 0 Å². The summed E-state index contributed by atoms with van der Waals surface area (Å²) >= 11 is 1.78. The lowest BCUT2D eigenvalue weighted by molar-refractivity contribution is 0.137. The minimum Gasteiger partial charge on any atom is -0.474 e. The molecule has 27 heavy (non-hydrogen) atoms. The normalized spacial score (nSPS) is 25.8. The topological polar surface area (TPSA) is 67.3 Å². The summed E-state index contributed by atoms with van der Waals surface area (Å²) < 4.78 is 6.39. The van der Waals surface area contributed by atoms with Crippen LogP contribution >= 0.6 is 23.7 Å². The molecule has 2 atom stereocenters. The SMILES string of the molecule is CC[C@H](O)C[C@H]1CCc2sc3ncnc(OC4CCC(NC)CC4)c3c21.Cl. The second kappa shape index (κ2) is 9.03. The molecule has 2 N–H and O–H groups in total. The Morgan fingerprint density at radius 1 is 1.26 bits per heavy atom. The Kier molecular flexibility index (Phi) is 6.95. The predicted molar refractivity (Wildman–Crippen MR) is 112 cm³/mol. The first-order valence-electron chi connectivity index (χ1n) is 9.97. The molecule has 2 heterocycles. The third-order valence-corrected chi connectivity index (χ3v) is 7.26. The minimum absolute atomic E-state index is 0. The summed E-state index contributed by atoms with van der Waals surface area (Å²) in [6, 6.07) is 0.616. The van der Waals surface area contributed by atoms with E-state index in [1.54, 1.807) is 17.7 Å². The van der Waals surface area contributed by atoms with Gasteiger partial charge in [-0.2, -0.15) is 0 Å². The van der Waals surface area contributed by atoms with E-state index in [0.717, 1.165) is 67.5 Å². The Bertz CT molecular complexity index is 761. The number of thiophene rings is 1. The van der Waals surface area contributed by atoms with Crippen molar-refractivity contribution in [3.05, 3.63) is 16.8 Å². The van der Waals surface area contributed by atoms with Gasteiger partial charge in [-0.3, -0.25) is 0 Å². The first-order chi connectivity index (χ1) is 12.7. The van der Waals surface area contributed by atoms with Crippen molar-refractivity contribution >= 4 is 34.0 Å². The van der Waals surface area contributed by atoms with Gasteiger partial charge in [0.25, 0.3) is 0 Å². The van der Waals surface area contributed by atoms with Crippen LogP contribution in [0.2, 0.25) is 0 Å². The molecule has 5 nitrogen and oxygen atoms in total. The molecule has 2 aliphatic carbocycles. The van der Waals surface area contributed by atoms with Crippen molar-refractivity contribution < 1.29 is 9.84 Å². The summed E-state index contributed by atoms with van der Waals surface area (Å²) in [5.74, 6) is 1.17. The van der Waals surface area contributed by atoms with E-state index in [0.29, 0.717) is 12.0 Å². The van der Waals surface area contributed by atoms with E-state index >= 15 is 0 Å². The van der Waals surface area contributed by atoms with E-state index in [1.165, 1.54) is 10.4 Å².